The molecule has 0 aromatic heterocycles. The van der Waals surface area contributed by atoms with Crippen molar-refractivity contribution < 1.29 is 0 Å². The van der Waals surface area contributed by atoms with E-state index in [1.165, 1.54) is 207 Å². The fourth-order valence-corrected chi connectivity index (χ4v) is 16.4. The zero-order valence-electron chi connectivity index (χ0n) is 52.5. The van der Waals surface area contributed by atoms with Crippen molar-refractivity contribution in [1.82, 2.24) is 0 Å². The number of hydrogen-bond donors (Lipinski definition) is 0. The average molecular weight is 1210 g/mol. The molecule has 0 bridgehead atoms. The Bertz CT molecular complexity index is 5910. The highest BCUT2D eigenvalue weighted by Crippen LogP contribution is 2.52. The van der Waals surface area contributed by atoms with Gasteiger partial charge in [-0.15, -0.1) is 0 Å². The van der Waals surface area contributed by atoms with Crippen LogP contribution in [0.2, 0.25) is 0 Å². The van der Waals surface area contributed by atoms with Crippen molar-refractivity contribution in [2.75, 3.05) is 0 Å². The van der Waals surface area contributed by atoms with Gasteiger partial charge in [0.15, 0.2) is 0 Å². The number of benzene rings is 20. The quantitative estimate of drug-likeness (QED) is 0.110. The second-order valence-corrected chi connectivity index (χ2v) is 26.2. The molecule has 0 aliphatic heterocycles. The highest BCUT2D eigenvalue weighted by Gasteiger charge is 2.24. The van der Waals surface area contributed by atoms with E-state index in [2.05, 4.69) is 352 Å². The van der Waals surface area contributed by atoms with Crippen LogP contribution in [-0.2, 0) is 0 Å². The normalized spacial score (nSPS) is 12.0. The summed E-state index contributed by atoms with van der Waals surface area (Å²) in [4.78, 5) is 0. The second kappa shape index (κ2) is 21.6. The fourth-order valence-electron chi connectivity index (χ4n) is 16.4. The van der Waals surface area contributed by atoms with Crippen LogP contribution < -0.4 is 0 Å². The van der Waals surface area contributed by atoms with Crippen LogP contribution in [0.4, 0.5) is 0 Å². The Morgan fingerprint density at radius 1 is 0.0938 bits per heavy atom. The Kier molecular flexibility index (Phi) is 12.1. The van der Waals surface area contributed by atoms with Crippen LogP contribution in [0.1, 0.15) is 0 Å². The lowest BCUT2D eigenvalue weighted by molar-refractivity contribution is 1.60. The van der Waals surface area contributed by atoms with Gasteiger partial charge in [0.05, 0.1) is 0 Å². The third kappa shape index (κ3) is 8.63. The summed E-state index contributed by atoms with van der Waals surface area (Å²) in [5, 5.41) is 29.8. The Labute approximate surface area is 555 Å². The van der Waals surface area contributed by atoms with Crippen LogP contribution in [0.15, 0.2) is 352 Å². The summed E-state index contributed by atoms with van der Waals surface area (Å²) in [7, 11) is 0. The lowest BCUT2D eigenvalue weighted by Gasteiger charge is -2.23. The molecule has 96 heavy (non-hydrogen) atoms. The van der Waals surface area contributed by atoms with Crippen molar-refractivity contribution in [2.45, 2.75) is 0 Å². The van der Waals surface area contributed by atoms with Crippen LogP contribution >= 0.6 is 0 Å². The Balaban J connectivity index is 0.813. The number of fused-ring (bicyclic) bond motifs is 16. The molecule has 0 atom stereocenters. The molecule has 0 radical (unpaired) electrons. The molecule has 0 saturated carbocycles. The maximum absolute atomic E-state index is 2.45. The van der Waals surface area contributed by atoms with E-state index in [1.807, 2.05) is 0 Å². The largest absolute Gasteiger partial charge is 0.0616 e. The molecular formula is C96H58. The van der Waals surface area contributed by atoms with E-state index in [1.54, 1.807) is 0 Å². The molecule has 20 rings (SSSR count). The molecule has 0 aliphatic rings. The van der Waals surface area contributed by atoms with Crippen molar-refractivity contribution in [3.8, 4) is 77.9 Å². The van der Waals surface area contributed by atoms with Gasteiger partial charge in [0, 0.05) is 0 Å². The minimum absolute atomic E-state index is 1.18. The van der Waals surface area contributed by atoms with Crippen molar-refractivity contribution in [3.05, 3.63) is 352 Å². The van der Waals surface area contributed by atoms with Gasteiger partial charge in [-0.05, 0) is 268 Å². The summed E-state index contributed by atoms with van der Waals surface area (Å²) in [6, 6.07) is 133. The number of hydrogen-bond acceptors (Lipinski definition) is 0. The topological polar surface area (TPSA) is 0 Å². The molecule has 0 amide bonds. The predicted octanol–water partition coefficient (Wildman–Crippen LogP) is 27.2. The molecule has 0 nitrogen and oxygen atoms in total. The molecule has 20 aromatic carbocycles. The van der Waals surface area contributed by atoms with Crippen LogP contribution in [0.5, 0.6) is 0 Å². The molecule has 0 fully saturated rings. The summed E-state index contributed by atoms with van der Waals surface area (Å²) in [6.07, 6.45) is 0. The molecule has 20 aromatic rings. The van der Waals surface area contributed by atoms with Crippen molar-refractivity contribution in [2.24, 2.45) is 0 Å². The first kappa shape index (κ1) is 54.1. The highest BCUT2D eigenvalue weighted by atomic mass is 14.3. The van der Waals surface area contributed by atoms with Crippen molar-refractivity contribution in [1.29, 1.82) is 0 Å². The van der Waals surface area contributed by atoms with Crippen LogP contribution in [0.25, 0.3) is 207 Å². The summed E-state index contributed by atoms with van der Waals surface area (Å²) in [6.45, 7) is 0. The molecule has 0 heterocycles. The zero-order valence-corrected chi connectivity index (χ0v) is 52.5. The van der Waals surface area contributed by atoms with E-state index >= 15 is 0 Å². The monoisotopic (exact) mass is 1210 g/mol. The van der Waals surface area contributed by atoms with Gasteiger partial charge in [-0.3, -0.25) is 0 Å². The van der Waals surface area contributed by atoms with Crippen LogP contribution in [-0.4, -0.2) is 0 Å². The van der Waals surface area contributed by atoms with Gasteiger partial charge in [0.2, 0.25) is 0 Å². The van der Waals surface area contributed by atoms with Gasteiger partial charge in [-0.1, -0.05) is 291 Å². The lowest BCUT2D eigenvalue weighted by atomic mass is 9.80. The Morgan fingerprint density at radius 3 is 0.510 bits per heavy atom. The summed E-state index contributed by atoms with van der Waals surface area (Å²) in [5.74, 6) is 0. The average Bonchev–Trinajstić information content (AvgIpc) is 0.711. The molecule has 442 valence electrons. The third-order valence-corrected chi connectivity index (χ3v) is 20.9. The minimum Gasteiger partial charge on any atom is -0.0616 e. The first-order valence-electron chi connectivity index (χ1n) is 33.4. The van der Waals surface area contributed by atoms with Gasteiger partial charge < -0.3 is 0 Å². The standard InChI is InChI=1S/C96H58/c1-5-21-77-59(17-1)33-37-67-49-63(41-45-81(67)77)71-53-72(64-42-46-82-68(50-64)38-34-60-18-2-6-22-78(60)82)56-75(55-71)93-85-25-9-13-29-89(85)95(90-30-14-10-26-86(90)93)96-91-31-15-11-27-87(91)94(88-28-12-16-32-92(88)96)76-57-73(65-43-47-83-69(51-65)39-35-61-19-3-7-23-79(61)83)54-74(58-76)66-44-48-84-70(52-66)40-36-62-20-4-8-24-80(62)84/h1-58H. The maximum Gasteiger partial charge on any atom is -0.00139 e. The van der Waals surface area contributed by atoms with E-state index in [9.17, 15) is 0 Å². The van der Waals surface area contributed by atoms with Gasteiger partial charge in [0.25, 0.3) is 0 Å². The highest BCUT2D eigenvalue weighted by molar-refractivity contribution is 6.30. The smallest absolute Gasteiger partial charge is 0.00139 e. The van der Waals surface area contributed by atoms with Crippen LogP contribution in [0, 0.1) is 0 Å². The summed E-state index contributed by atoms with van der Waals surface area (Å²) in [5.41, 5.74) is 16.7. The minimum atomic E-state index is 1.18. The van der Waals surface area contributed by atoms with Gasteiger partial charge in [-0.2, -0.15) is 0 Å². The summed E-state index contributed by atoms with van der Waals surface area (Å²) >= 11 is 0. The van der Waals surface area contributed by atoms with Gasteiger partial charge >= 0.3 is 0 Å². The van der Waals surface area contributed by atoms with E-state index in [4.69, 9.17) is 0 Å². The first-order chi connectivity index (χ1) is 47.6. The van der Waals surface area contributed by atoms with Crippen molar-refractivity contribution >= 4 is 129 Å². The lowest BCUT2D eigenvalue weighted by Crippen LogP contribution is -1.95. The van der Waals surface area contributed by atoms with Crippen molar-refractivity contribution in [3.63, 3.8) is 0 Å². The van der Waals surface area contributed by atoms with E-state index in [-0.39, 0.29) is 0 Å². The van der Waals surface area contributed by atoms with E-state index < -0.39 is 0 Å². The maximum atomic E-state index is 2.45. The molecular weight excluding hydrogens is 1150 g/mol. The molecule has 0 unspecified atom stereocenters. The van der Waals surface area contributed by atoms with Gasteiger partial charge in [0.1, 0.15) is 0 Å². The zero-order chi connectivity index (χ0) is 63.0. The second-order valence-electron chi connectivity index (χ2n) is 26.2. The third-order valence-electron chi connectivity index (χ3n) is 20.9. The van der Waals surface area contributed by atoms with E-state index in [0.29, 0.717) is 0 Å². The Morgan fingerprint density at radius 2 is 0.271 bits per heavy atom. The molecule has 0 saturated heterocycles. The molecule has 0 N–H and O–H groups in total. The number of rotatable bonds is 7. The van der Waals surface area contributed by atoms with Crippen LogP contribution in [0.3, 0.4) is 0 Å². The van der Waals surface area contributed by atoms with Gasteiger partial charge in [-0.25, -0.2) is 0 Å². The van der Waals surface area contributed by atoms with E-state index in [0.717, 1.165) is 0 Å². The SMILES string of the molecule is c1ccc2c(c1)ccc1cc(-c3cc(-c4ccc5c(ccc6ccccc65)c4)cc(-c4c5ccccc5c(-c5c6ccccc6c(-c6cc(-c7ccc8c(ccc9ccccc98)c7)cc(-c7ccc8c(ccc9ccccc98)c7)c6)c6ccccc56)c5ccccc45)c3)ccc12. The Hall–Kier alpha value is -12.5. The molecule has 0 heteroatoms. The molecule has 0 spiro atoms. The fraction of sp³-hybridized carbons (Fsp3) is 0. The summed E-state index contributed by atoms with van der Waals surface area (Å²) < 4.78 is 0. The predicted molar refractivity (Wildman–Crippen MR) is 415 cm³/mol. The molecule has 0 aliphatic carbocycles. The first-order valence-corrected chi connectivity index (χ1v) is 33.4.